The topological polar surface area (TPSA) is 91.0 Å². The number of hydrogen-bond donors (Lipinski definition) is 1. The van der Waals surface area contributed by atoms with Crippen molar-refractivity contribution in [1.82, 2.24) is 9.78 Å². The Hall–Kier alpha value is -3.14. The van der Waals surface area contributed by atoms with Crippen LogP contribution in [0.5, 0.6) is 0 Å². The SMILES string of the molecule is Cc1cc(NC(=O)C2CC(=O)N(C)c3ccccc32)nn1CCC#N. The Balaban J connectivity index is 1.81. The highest BCUT2D eigenvalue weighted by molar-refractivity contribution is 6.05. The number of aromatic nitrogens is 2. The number of carbonyl (C=O) groups excluding carboxylic acids is 2. The molecule has 1 aliphatic heterocycles. The molecule has 7 nitrogen and oxygen atoms in total. The predicted octanol–water partition coefficient (Wildman–Crippen LogP) is 2.19. The van der Waals surface area contributed by atoms with E-state index in [2.05, 4.69) is 16.5 Å². The molecule has 0 radical (unpaired) electrons. The third-order valence-electron chi connectivity index (χ3n) is 4.41. The number of nitrogens with one attached hydrogen (secondary N) is 1. The first-order chi connectivity index (χ1) is 12.0. The Morgan fingerprint density at radius 2 is 2.20 bits per heavy atom. The number of aryl methyl sites for hydroxylation is 2. The Morgan fingerprint density at radius 1 is 1.44 bits per heavy atom. The van der Waals surface area contributed by atoms with Crippen LogP contribution in [0, 0.1) is 18.3 Å². The molecule has 0 bridgehead atoms. The van der Waals surface area contributed by atoms with Gasteiger partial charge in [0.2, 0.25) is 11.8 Å². The molecule has 1 unspecified atom stereocenters. The summed E-state index contributed by atoms with van der Waals surface area (Å²) in [5.74, 6) is -0.442. The molecule has 0 saturated carbocycles. The van der Waals surface area contributed by atoms with Gasteiger partial charge in [-0.1, -0.05) is 18.2 Å². The fourth-order valence-electron chi connectivity index (χ4n) is 3.04. The van der Waals surface area contributed by atoms with E-state index in [1.54, 1.807) is 22.7 Å². The quantitative estimate of drug-likeness (QED) is 0.926. The van der Waals surface area contributed by atoms with Crippen molar-refractivity contribution in [2.24, 2.45) is 0 Å². The van der Waals surface area contributed by atoms with Crippen LogP contribution in [0.1, 0.15) is 30.0 Å². The van der Waals surface area contributed by atoms with Gasteiger partial charge in [0.25, 0.3) is 0 Å². The van der Waals surface area contributed by atoms with Gasteiger partial charge in [-0.3, -0.25) is 14.3 Å². The van der Waals surface area contributed by atoms with Gasteiger partial charge in [-0.15, -0.1) is 0 Å². The smallest absolute Gasteiger partial charge is 0.233 e. The van der Waals surface area contributed by atoms with Crippen molar-refractivity contribution in [1.29, 1.82) is 5.26 Å². The van der Waals surface area contributed by atoms with E-state index in [0.717, 1.165) is 16.9 Å². The van der Waals surface area contributed by atoms with Crippen LogP contribution in [0.3, 0.4) is 0 Å². The van der Waals surface area contributed by atoms with Crippen LogP contribution in [0.2, 0.25) is 0 Å². The summed E-state index contributed by atoms with van der Waals surface area (Å²) in [6.45, 7) is 2.35. The van der Waals surface area contributed by atoms with Crippen molar-refractivity contribution in [2.75, 3.05) is 17.3 Å². The monoisotopic (exact) mass is 337 g/mol. The van der Waals surface area contributed by atoms with E-state index in [-0.39, 0.29) is 18.2 Å². The van der Waals surface area contributed by atoms with Gasteiger partial charge in [-0.2, -0.15) is 10.4 Å². The van der Waals surface area contributed by atoms with Crippen molar-refractivity contribution in [3.63, 3.8) is 0 Å². The minimum atomic E-state index is -0.538. The summed E-state index contributed by atoms with van der Waals surface area (Å²) in [6.07, 6.45) is 0.486. The van der Waals surface area contributed by atoms with Crippen molar-refractivity contribution >= 4 is 23.3 Å². The van der Waals surface area contributed by atoms with Crippen molar-refractivity contribution < 1.29 is 9.59 Å². The first-order valence-corrected chi connectivity index (χ1v) is 8.09. The lowest BCUT2D eigenvalue weighted by atomic mass is 9.89. The molecule has 2 amide bonds. The molecule has 0 fully saturated rings. The van der Waals surface area contributed by atoms with Crippen LogP contribution >= 0.6 is 0 Å². The minimum Gasteiger partial charge on any atom is -0.315 e. The molecule has 0 aliphatic carbocycles. The zero-order chi connectivity index (χ0) is 18.0. The second kappa shape index (κ2) is 6.77. The molecule has 25 heavy (non-hydrogen) atoms. The molecular formula is C18H19N5O2. The Bertz CT molecular complexity index is 865. The number of nitriles is 1. The van der Waals surface area contributed by atoms with Gasteiger partial charge in [0, 0.05) is 30.9 Å². The van der Waals surface area contributed by atoms with Crippen molar-refractivity contribution in [3.8, 4) is 6.07 Å². The summed E-state index contributed by atoms with van der Waals surface area (Å²) in [5.41, 5.74) is 2.46. The molecule has 0 spiro atoms. The van der Waals surface area contributed by atoms with E-state index in [0.29, 0.717) is 18.8 Å². The van der Waals surface area contributed by atoms with Gasteiger partial charge >= 0.3 is 0 Å². The van der Waals surface area contributed by atoms with Crippen LogP contribution in [0.15, 0.2) is 30.3 Å². The van der Waals surface area contributed by atoms with Crippen molar-refractivity contribution in [2.45, 2.75) is 32.2 Å². The van der Waals surface area contributed by atoms with E-state index in [9.17, 15) is 9.59 Å². The molecule has 7 heteroatoms. The lowest BCUT2D eigenvalue weighted by Crippen LogP contribution is -2.37. The molecule has 0 saturated heterocycles. The standard InChI is InChI=1S/C18H19N5O2/c1-12-10-16(21-23(12)9-5-8-19)20-18(25)14-11-17(24)22(2)15-7-4-3-6-13(14)15/h3-4,6-7,10,14H,5,9,11H2,1-2H3,(H,20,21,25). The molecule has 3 rings (SSSR count). The largest absolute Gasteiger partial charge is 0.315 e. The third-order valence-corrected chi connectivity index (χ3v) is 4.41. The highest BCUT2D eigenvalue weighted by Gasteiger charge is 2.33. The fraction of sp³-hybridized carbons (Fsp3) is 0.333. The fourth-order valence-corrected chi connectivity index (χ4v) is 3.04. The molecular weight excluding hydrogens is 318 g/mol. The van der Waals surface area contributed by atoms with Gasteiger partial charge < -0.3 is 10.2 Å². The first-order valence-electron chi connectivity index (χ1n) is 8.09. The van der Waals surface area contributed by atoms with E-state index < -0.39 is 5.92 Å². The summed E-state index contributed by atoms with van der Waals surface area (Å²) in [6, 6.07) is 11.3. The lowest BCUT2D eigenvalue weighted by Gasteiger charge is -2.30. The predicted molar refractivity (Wildman–Crippen MR) is 93.0 cm³/mol. The maximum atomic E-state index is 12.7. The van der Waals surface area contributed by atoms with Crippen LogP contribution in [-0.4, -0.2) is 28.6 Å². The zero-order valence-electron chi connectivity index (χ0n) is 14.2. The highest BCUT2D eigenvalue weighted by atomic mass is 16.2. The summed E-state index contributed by atoms with van der Waals surface area (Å²) in [5, 5.41) is 15.8. The number of benzene rings is 1. The summed E-state index contributed by atoms with van der Waals surface area (Å²) >= 11 is 0. The maximum absolute atomic E-state index is 12.7. The van der Waals surface area contributed by atoms with Crippen molar-refractivity contribution in [3.05, 3.63) is 41.6 Å². The third kappa shape index (κ3) is 3.24. The Kier molecular flexibility index (Phi) is 4.52. The van der Waals surface area contributed by atoms with Crippen LogP contribution in [0.25, 0.3) is 0 Å². The van der Waals surface area contributed by atoms with Crippen LogP contribution in [-0.2, 0) is 16.1 Å². The molecule has 2 aromatic rings. The number of anilines is 2. The minimum absolute atomic E-state index is 0.0884. The summed E-state index contributed by atoms with van der Waals surface area (Å²) < 4.78 is 1.69. The highest BCUT2D eigenvalue weighted by Crippen LogP contribution is 2.35. The summed E-state index contributed by atoms with van der Waals surface area (Å²) in [7, 11) is 1.72. The van der Waals surface area contributed by atoms with E-state index in [1.165, 1.54) is 0 Å². The average Bonchev–Trinajstić information content (AvgIpc) is 2.95. The van der Waals surface area contributed by atoms with Gasteiger partial charge in [0.05, 0.1) is 25.0 Å². The molecule has 1 aromatic carbocycles. The number of nitrogens with zero attached hydrogens (tertiary/aromatic N) is 4. The molecule has 1 atom stereocenters. The van der Waals surface area contributed by atoms with E-state index >= 15 is 0 Å². The van der Waals surface area contributed by atoms with Crippen LogP contribution < -0.4 is 10.2 Å². The van der Waals surface area contributed by atoms with Gasteiger partial charge in [0.1, 0.15) is 0 Å². The summed E-state index contributed by atoms with van der Waals surface area (Å²) in [4.78, 5) is 26.5. The number of rotatable bonds is 4. The number of fused-ring (bicyclic) bond motifs is 1. The zero-order valence-corrected chi connectivity index (χ0v) is 14.2. The Morgan fingerprint density at radius 3 is 2.96 bits per heavy atom. The number of amides is 2. The normalized spacial score (nSPS) is 16.3. The second-order valence-electron chi connectivity index (χ2n) is 6.06. The number of carbonyl (C=O) groups is 2. The molecule has 2 heterocycles. The van der Waals surface area contributed by atoms with Crippen LogP contribution in [0.4, 0.5) is 11.5 Å². The molecule has 128 valence electrons. The lowest BCUT2D eigenvalue weighted by molar-refractivity contribution is -0.124. The average molecular weight is 337 g/mol. The Labute approximate surface area is 145 Å². The first kappa shape index (κ1) is 16.7. The second-order valence-corrected chi connectivity index (χ2v) is 6.06. The molecule has 1 aromatic heterocycles. The van der Waals surface area contributed by atoms with Gasteiger partial charge in [0.15, 0.2) is 5.82 Å². The molecule has 1 aliphatic rings. The van der Waals surface area contributed by atoms with E-state index in [4.69, 9.17) is 5.26 Å². The maximum Gasteiger partial charge on any atom is 0.233 e. The molecule has 1 N–H and O–H groups in total. The van der Waals surface area contributed by atoms with Gasteiger partial charge in [-0.05, 0) is 18.6 Å². The number of hydrogen-bond acceptors (Lipinski definition) is 4. The van der Waals surface area contributed by atoms with Gasteiger partial charge in [-0.25, -0.2) is 0 Å². The van der Waals surface area contributed by atoms with E-state index in [1.807, 2.05) is 31.2 Å². The number of para-hydroxylation sites is 1.